The summed E-state index contributed by atoms with van der Waals surface area (Å²) in [5, 5.41) is 54.2. The van der Waals surface area contributed by atoms with Gasteiger partial charge in [-0.05, 0) is 51.4 Å². The number of nitrogens with one attached hydrogen (secondary N) is 1. The second-order valence-electron chi connectivity index (χ2n) is 22.2. The molecular formula is C64H121NO8. The van der Waals surface area contributed by atoms with Gasteiger partial charge in [0.15, 0.2) is 6.29 Å². The number of hydrogen-bond donors (Lipinski definition) is 6. The third-order valence-electron chi connectivity index (χ3n) is 15.2. The summed E-state index contributed by atoms with van der Waals surface area (Å²) in [4.78, 5) is 13.0. The van der Waals surface area contributed by atoms with Gasteiger partial charge >= 0.3 is 0 Å². The molecule has 1 amide bonds. The van der Waals surface area contributed by atoms with Crippen LogP contribution in [-0.2, 0) is 14.3 Å². The molecule has 430 valence electrons. The van der Waals surface area contributed by atoms with Crippen LogP contribution in [0.4, 0.5) is 0 Å². The number of allylic oxidation sites excluding steroid dienone is 5. The van der Waals surface area contributed by atoms with Crippen LogP contribution in [0.5, 0.6) is 0 Å². The first-order valence-corrected chi connectivity index (χ1v) is 31.7. The van der Waals surface area contributed by atoms with E-state index in [0.717, 1.165) is 44.9 Å². The van der Waals surface area contributed by atoms with Crippen LogP contribution in [0.15, 0.2) is 36.5 Å². The summed E-state index contributed by atoms with van der Waals surface area (Å²) in [5.74, 6) is -0.174. The summed E-state index contributed by atoms with van der Waals surface area (Å²) in [5.41, 5.74) is 0. The minimum atomic E-state index is -1.56. The average molecular weight is 1030 g/mol. The lowest BCUT2D eigenvalue weighted by molar-refractivity contribution is -0.302. The zero-order valence-electron chi connectivity index (χ0n) is 47.9. The van der Waals surface area contributed by atoms with Crippen molar-refractivity contribution >= 4 is 5.91 Å². The molecule has 0 aromatic carbocycles. The molecule has 1 heterocycles. The predicted molar refractivity (Wildman–Crippen MR) is 309 cm³/mol. The van der Waals surface area contributed by atoms with Gasteiger partial charge in [-0.3, -0.25) is 4.79 Å². The molecule has 6 N–H and O–H groups in total. The van der Waals surface area contributed by atoms with E-state index in [0.29, 0.717) is 6.42 Å². The molecular weight excluding hydrogens is 911 g/mol. The Morgan fingerprint density at radius 2 is 0.808 bits per heavy atom. The number of aliphatic hydroxyl groups excluding tert-OH is 5. The zero-order chi connectivity index (χ0) is 52.9. The van der Waals surface area contributed by atoms with E-state index in [-0.39, 0.29) is 12.5 Å². The lowest BCUT2D eigenvalue weighted by Gasteiger charge is -2.40. The van der Waals surface area contributed by atoms with E-state index < -0.39 is 49.5 Å². The van der Waals surface area contributed by atoms with Gasteiger partial charge in [-0.1, -0.05) is 288 Å². The van der Waals surface area contributed by atoms with Gasteiger partial charge in [-0.25, -0.2) is 0 Å². The van der Waals surface area contributed by atoms with E-state index in [1.165, 1.54) is 244 Å². The first kappa shape index (κ1) is 69.4. The van der Waals surface area contributed by atoms with E-state index >= 15 is 0 Å². The third kappa shape index (κ3) is 43.1. The van der Waals surface area contributed by atoms with Gasteiger partial charge in [0.25, 0.3) is 0 Å². The Hall–Kier alpha value is -1.59. The van der Waals surface area contributed by atoms with Crippen LogP contribution < -0.4 is 5.32 Å². The van der Waals surface area contributed by atoms with E-state index in [2.05, 4.69) is 43.5 Å². The van der Waals surface area contributed by atoms with Crippen molar-refractivity contribution in [3.05, 3.63) is 36.5 Å². The second kappa shape index (κ2) is 53.8. The minimum Gasteiger partial charge on any atom is -0.394 e. The number of rotatable bonds is 55. The van der Waals surface area contributed by atoms with Gasteiger partial charge < -0.3 is 40.3 Å². The quantitative estimate of drug-likeness (QED) is 0.0261. The Morgan fingerprint density at radius 3 is 1.18 bits per heavy atom. The van der Waals surface area contributed by atoms with Crippen molar-refractivity contribution in [2.24, 2.45) is 0 Å². The van der Waals surface area contributed by atoms with Crippen molar-refractivity contribution in [1.29, 1.82) is 0 Å². The highest BCUT2D eigenvalue weighted by Gasteiger charge is 2.44. The second-order valence-corrected chi connectivity index (χ2v) is 22.2. The van der Waals surface area contributed by atoms with Crippen molar-refractivity contribution in [2.45, 2.75) is 352 Å². The molecule has 9 heteroatoms. The predicted octanol–water partition coefficient (Wildman–Crippen LogP) is 16.3. The molecule has 7 unspecified atom stereocenters. The number of carbonyl (C=O) groups excluding carboxylic acids is 1. The fourth-order valence-corrected chi connectivity index (χ4v) is 10.2. The topological polar surface area (TPSA) is 149 Å². The number of hydrogen-bond acceptors (Lipinski definition) is 8. The first-order chi connectivity index (χ1) is 35.8. The molecule has 0 bridgehead atoms. The summed E-state index contributed by atoms with van der Waals surface area (Å²) in [6.07, 6.45) is 64.3. The smallest absolute Gasteiger partial charge is 0.220 e. The molecule has 1 aliphatic rings. The van der Waals surface area contributed by atoms with Crippen molar-refractivity contribution in [3.63, 3.8) is 0 Å². The molecule has 0 aliphatic carbocycles. The fourth-order valence-electron chi connectivity index (χ4n) is 10.2. The molecule has 0 saturated carbocycles. The Bertz CT molecular complexity index is 1240. The van der Waals surface area contributed by atoms with E-state index in [1.54, 1.807) is 6.08 Å². The maximum atomic E-state index is 13.0. The molecule has 1 aliphatic heterocycles. The van der Waals surface area contributed by atoms with Gasteiger partial charge in [-0.2, -0.15) is 0 Å². The van der Waals surface area contributed by atoms with E-state index in [1.807, 2.05) is 6.08 Å². The van der Waals surface area contributed by atoms with Crippen molar-refractivity contribution in [1.82, 2.24) is 5.32 Å². The van der Waals surface area contributed by atoms with Crippen LogP contribution in [-0.4, -0.2) is 87.5 Å². The molecule has 1 fully saturated rings. The third-order valence-corrected chi connectivity index (χ3v) is 15.2. The monoisotopic (exact) mass is 1030 g/mol. The van der Waals surface area contributed by atoms with Crippen LogP contribution in [0.25, 0.3) is 0 Å². The van der Waals surface area contributed by atoms with E-state index in [9.17, 15) is 30.3 Å². The molecule has 0 aromatic rings. The standard InChI is InChI=1S/C64H121NO8/c1-3-5-7-9-11-13-14-15-16-17-18-19-20-21-22-23-24-25-26-27-28-29-30-31-32-33-34-35-36-37-38-39-40-41-42-43-44-46-48-50-52-54-60(68)65-57(58(67)53-51-49-47-45-12-10-8-6-4-2)56-72-64-63(71)62(70)61(69)59(55-66)73-64/h14-15,17-18,51,53,57-59,61-64,66-67,69-71H,3-13,16,19-50,52,54-56H2,1-2H3,(H,65,68)/b15-14-,18-17-,53-51+. The molecule has 1 saturated heterocycles. The van der Waals surface area contributed by atoms with Crippen molar-refractivity contribution in [3.8, 4) is 0 Å². The van der Waals surface area contributed by atoms with Gasteiger partial charge in [-0.15, -0.1) is 0 Å². The van der Waals surface area contributed by atoms with Crippen LogP contribution in [0.2, 0.25) is 0 Å². The van der Waals surface area contributed by atoms with Crippen molar-refractivity contribution in [2.75, 3.05) is 13.2 Å². The van der Waals surface area contributed by atoms with Crippen LogP contribution in [0.3, 0.4) is 0 Å². The lowest BCUT2D eigenvalue weighted by atomic mass is 9.99. The molecule has 9 nitrogen and oxygen atoms in total. The molecule has 0 spiro atoms. The van der Waals surface area contributed by atoms with Crippen LogP contribution >= 0.6 is 0 Å². The van der Waals surface area contributed by atoms with Gasteiger partial charge in [0, 0.05) is 6.42 Å². The number of aliphatic hydroxyl groups is 5. The summed E-state index contributed by atoms with van der Waals surface area (Å²) in [6.45, 7) is 3.75. The Balaban J connectivity index is 1.96. The molecule has 73 heavy (non-hydrogen) atoms. The largest absolute Gasteiger partial charge is 0.394 e. The minimum absolute atomic E-state index is 0.174. The average Bonchev–Trinajstić information content (AvgIpc) is 3.39. The Kier molecular flexibility index (Phi) is 51.2. The summed E-state index contributed by atoms with van der Waals surface area (Å²) in [7, 11) is 0. The molecule has 1 rings (SSSR count). The van der Waals surface area contributed by atoms with E-state index in [4.69, 9.17) is 9.47 Å². The normalized spacial score (nSPS) is 19.2. The Morgan fingerprint density at radius 1 is 0.466 bits per heavy atom. The number of unbranched alkanes of at least 4 members (excludes halogenated alkanes) is 41. The van der Waals surface area contributed by atoms with Gasteiger partial charge in [0.1, 0.15) is 24.4 Å². The number of carbonyl (C=O) groups is 1. The maximum Gasteiger partial charge on any atom is 0.220 e. The molecule has 7 atom stereocenters. The number of amides is 1. The maximum absolute atomic E-state index is 13.0. The summed E-state index contributed by atoms with van der Waals surface area (Å²) >= 11 is 0. The summed E-state index contributed by atoms with van der Waals surface area (Å²) < 4.78 is 11.2. The Labute approximate surface area is 451 Å². The van der Waals surface area contributed by atoms with Crippen LogP contribution in [0.1, 0.15) is 309 Å². The van der Waals surface area contributed by atoms with Crippen LogP contribution in [0, 0.1) is 0 Å². The van der Waals surface area contributed by atoms with Crippen molar-refractivity contribution < 1.29 is 39.8 Å². The molecule has 0 aromatic heterocycles. The summed E-state index contributed by atoms with van der Waals surface area (Å²) in [6, 6.07) is -0.800. The SMILES string of the molecule is CCCCCCC/C=C\C/C=C\CCCCCCCCCCCCCCCCCCCCCCCCCCCCCCCC(=O)NC(COC1OC(CO)C(O)C(O)C1O)C(O)/C=C/CCCCCCCCC. The highest BCUT2D eigenvalue weighted by Crippen LogP contribution is 2.23. The van der Waals surface area contributed by atoms with Gasteiger partial charge in [0.05, 0.1) is 25.4 Å². The first-order valence-electron chi connectivity index (χ1n) is 31.7. The highest BCUT2D eigenvalue weighted by atomic mass is 16.7. The molecule has 0 radical (unpaired) electrons. The zero-order valence-corrected chi connectivity index (χ0v) is 47.9. The fraction of sp³-hybridized carbons (Fsp3) is 0.891. The van der Waals surface area contributed by atoms with Gasteiger partial charge in [0.2, 0.25) is 5.91 Å². The lowest BCUT2D eigenvalue weighted by Crippen LogP contribution is -2.60. The highest BCUT2D eigenvalue weighted by molar-refractivity contribution is 5.76. The number of ether oxygens (including phenoxy) is 2.